The summed E-state index contributed by atoms with van der Waals surface area (Å²) in [6.45, 7) is 0. The van der Waals surface area contributed by atoms with E-state index in [9.17, 15) is 4.79 Å². The summed E-state index contributed by atoms with van der Waals surface area (Å²) >= 11 is 0. The van der Waals surface area contributed by atoms with E-state index in [0.29, 0.717) is 11.5 Å². The Bertz CT molecular complexity index is 449. The number of amides is 1. The fourth-order valence-corrected chi connectivity index (χ4v) is 0.924. The molecule has 76 valence electrons. The molecule has 0 fully saturated rings. The third-order valence-electron chi connectivity index (χ3n) is 1.59. The molecule has 15 heavy (non-hydrogen) atoms. The molecule has 0 radical (unpaired) electrons. The van der Waals surface area contributed by atoms with E-state index < -0.39 is 5.91 Å². The summed E-state index contributed by atoms with van der Waals surface area (Å²) in [6.07, 6.45) is 1.44. The lowest BCUT2D eigenvalue weighted by Gasteiger charge is -2.00. The van der Waals surface area contributed by atoms with Gasteiger partial charge in [0.25, 0.3) is 11.7 Å². The molecule has 4 N–H and O–H groups in total. The number of tetrazole rings is 1. The molecule has 0 saturated heterocycles. The number of hydrogen-bond acceptors (Lipinski definition) is 6. The Morgan fingerprint density at radius 1 is 1.47 bits per heavy atom. The van der Waals surface area contributed by atoms with Gasteiger partial charge in [0.1, 0.15) is 5.82 Å². The number of nitrogen functional groups attached to an aromatic ring is 1. The molecular weight excluding hydrogens is 198 g/mol. The quantitative estimate of drug-likeness (QED) is 0.603. The van der Waals surface area contributed by atoms with Gasteiger partial charge in [-0.2, -0.15) is 5.21 Å². The van der Waals surface area contributed by atoms with Crippen molar-refractivity contribution in [1.82, 2.24) is 25.6 Å². The van der Waals surface area contributed by atoms with Crippen molar-refractivity contribution in [2.24, 2.45) is 0 Å². The van der Waals surface area contributed by atoms with E-state index in [4.69, 9.17) is 5.73 Å². The number of nitrogens with one attached hydrogen (secondary N) is 2. The summed E-state index contributed by atoms with van der Waals surface area (Å²) in [4.78, 5) is 15.2. The van der Waals surface area contributed by atoms with Crippen LogP contribution in [0.1, 0.15) is 10.6 Å². The molecule has 0 aliphatic rings. The van der Waals surface area contributed by atoms with Crippen LogP contribution in [0.25, 0.3) is 0 Å². The number of rotatable bonds is 2. The Balaban J connectivity index is 2.09. The number of carbonyl (C=O) groups is 1. The lowest BCUT2D eigenvalue weighted by Crippen LogP contribution is -2.14. The van der Waals surface area contributed by atoms with Gasteiger partial charge in [-0.15, -0.1) is 10.2 Å². The van der Waals surface area contributed by atoms with E-state index >= 15 is 0 Å². The van der Waals surface area contributed by atoms with E-state index in [2.05, 4.69) is 30.9 Å². The zero-order valence-corrected chi connectivity index (χ0v) is 7.51. The molecule has 2 aromatic rings. The van der Waals surface area contributed by atoms with Gasteiger partial charge in [-0.05, 0) is 17.3 Å². The molecular formula is C7H7N7O. The first-order chi connectivity index (χ1) is 7.25. The number of nitrogens with two attached hydrogens (primary N) is 1. The topological polar surface area (TPSA) is 122 Å². The average molecular weight is 205 g/mol. The van der Waals surface area contributed by atoms with Gasteiger partial charge in [-0.1, -0.05) is 0 Å². The van der Waals surface area contributed by atoms with Crippen LogP contribution in [0.3, 0.4) is 0 Å². The van der Waals surface area contributed by atoms with Gasteiger partial charge in [0.05, 0.1) is 11.9 Å². The van der Waals surface area contributed by atoms with Crippen molar-refractivity contribution in [1.29, 1.82) is 0 Å². The van der Waals surface area contributed by atoms with E-state index in [1.807, 2.05) is 0 Å². The normalized spacial score (nSPS) is 9.87. The standard InChI is InChI=1S/C7H7N7O/c8-5-2-1-4(3-9-5)10-7(15)6-11-13-14-12-6/h1-3H,(H2,8,9)(H,10,15)(H,11,12,13,14). The van der Waals surface area contributed by atoms with Crippen molar-refractivity contribution < 1.29 is 4.79 Å². The minimum absolute atomic E-state index is 0.0353. The molecule has 2 aromatic heterocycles. The molecule has 8 nitrogen and oxygen atoms in total. The molecule has 0 aliphatic carbocycles. The maximum absolute atomic E-state index is 11.4. The Morgan fingerprint density at radius 3 is 2.93 bits per heavy atom. The van der Waals surface area contributed by atoms with Crippen LogP contribution in [0.15, 0.2) is 18.3 Å². The molecule has 2 rings (SSSR count). The second-order valence-electron chi connectivity index (χ2n) is 2.66. The number of aromatic nitrogens is 5. The number of carbonyl (C=O) groups excluding carboxylic acids is 1. The van der Waals surface area contributed by atoms with E-state index in [-0.39, 0.29) is 5.82 Å². The van der Waals surface area contributed by atoms with Crippen LogP contribution >= 0.6 is 0 Å². The van der Waals surface area contributed by atoms with E-state index in [1.54, 1.807) is 12.1 Å². The van der Waals surface area contributed by atoms with E-state index in [0.717, 1.165) is 0 Å². The van der Waals surface area contributed by atoms with Crippen LogP contribution in [0.4, 0.5) is 11.5 Å². The van der Waals surface area contributed by atoms with Gasteiger partial charge in [-0.3, -0.25) is 4.79 Å². The lowest BCUT2D eigenvalue weighted by molar-refractivity contribution is 0.101. The Morgan fingerprint density at radius 2 is 2.33 bits per heavy atom. The summed E-state index contributed by atoms with van der Waals surface area (Å²) in [5.41, 5.74) is 5.90. The van der Waals surface area contributed by atoms with Crippen LogP contribution in [0.5, 0.6) is 0 Å². The molecule has 0 aliphatic heterocycles. The highest BCUT2D eigenvalue weighted by Crippen LogP contribution is 2.07. The highest BCUT2D eigenvalue weighted by atomic mass is 16.2. The smallest absolute Gasteiger partial charge is 0.297 e. The van der Waals surface area contributed by atoms with Crippen LogP contribution in [0.2, 0.25) is 0 Å². The highest BCUT2D eigenvalue weighted by Gasteiger charge is 2.10. The Kier molecular flexibility index (Phi) is 2.23. The number of nitrogens with zero attached hydrogens (tertiary/aromatic N) is 4. The van der Waals surface area contributed by atoms with Crippen LogP contribution in [-0.4, -0.2) is 31.5 Å². The minimum Gasteiger partial charge on any atom is -0.384 e. The predicted octanol–water partition coefficient (Wildman–Crippen LogP) is -0.571. The van der Waals surface area contributed by atoms with Crippen LogP contribution in [0, 0.1) is 0 Å². The second kappa shape index (κ2) is 3.70. The van der Waals surface area contributed by atoms with Gasteiger partial charge in [0.15, 0.2) is 0 Å². The first-order valence-electron chi connectivity index (χ1n) is 4.02. The molecule has 8 heteroatoms. The van der Waals surface area contributed by atoms with Crippen molar-refractivity contribution in [3.8, 4) is 0 Å². The average Bonchev–Trinajstić information content (AvgIpc) is 2.74. The largest absolute Gasteiger partial charge is 0.384 e. The first-order valence-corrected chi connectivity index (χ1v) is 4.02. The molecule has 0 aromatic carbocycles. The maximum Gasteiger partial charge on any atom is 0.297 e. The monoisotopic (exact) mass is 205 g/mol. The summed E-state index contributed by atoms with van der Waals surface area (Å²) in [5, 5.41) is 15.0. The fraction of sp³-hybridized carbons (Fsp3) is 0. The second-order valence-corrected chi connectivity index (χ2v) is 2.66. The predicted molar refractivity (Wildman–Crippen MR) is 50.8 cm³/mol. The Hall–Kier alpha value is -2.51. The minimum atomic E-state index is -0.463. The molecule has 0 spiro atoms. The number of aromatic amines is 1. The van der Waals surface area contributed by atoms with E-state index in [1.165, 1.54) is 6.20 Å². The van der Waals surface area contributed by atoms with Crippen LogP contribution < -0.4 is 11.1 Å². The molecule has 2 heterocycles. The van der Waals surface area contributed by atoms with Gasteiger partial charge in [0.2, 0.25) is 0 Å². The summed E-state index contributed by atoms with van der Waals surface area (Å²) < 4.78 is 0. The van der Waals surface area contributed by atoms with Gasteiger partial charge >= 0.3 is 0 Å². The molecule has 0 unspecified atom stereocenters. The van der Waals surface area contributed by atoms with Gasteiger partial charge in [0, 0.05) is 0 Å². The Labute approximate surface area is 83.9 Å². The van der Waals surface area contributed by atoms with Crippen molar-refractivity contribution in [3.05, 3.63) is 24.2 Å². The molecule has 0 atom stereocenters. The molecule has 0 bridgehead atoms. The third-order valence-corrected chi connectivity index (χ3v) is 1.59. The number of hydrogen-bond donors (Lipinski definition) is 3. The summed E-state index contributed by atoms with van der Waals surface area (Å²) in [7, 11) is 0. The van der Waals surface area contributed by atoms with Gasteiger partial charge in [-0.25, -0.2) is 4.98 Å². The molecule has 0 saturated carbocycles. The van der Waals surface area contributed by atoms with Crippen molar-refractivity contribution in [2.75, 3.05) is 11.1 Å². The zero-order chi connectivity index (χ0) is 10.7. The maximum atomic E-state index is 11.4. The third kappa shape index (κ3) is 2.05. The number of anilines is 2. The van der Waals surface area contributed by atoms with Crippen molar-refractivity contribution in [3.63, 3.8) is 0 Å². The summed E-state index contributed by atoms with van der Waals surface area (Å²) in [5.74, 6) is -0.116. The lowest BCUT2D eigenvalue weighted by atomic mass is 10.4. The van der Waals surface area contributed by atoms with Crippen LogP contribution in [-0.2, 0) is 0 Å². The van der Waals surface area contributed by atoms with Crippen molar-refractivity contribution in [2.45, 2.75) is 0 Å². The summed E-state index contributed by atoms with van der Waals surface area (Å²) in [6, 6.07) is 3.20. The zero-order valence-electron chi connectivity index (χ0n) is 7.51. The molecule has 1 amide bonds. The number of pyridine rings is 1. The number of H-pyrrole nitrogens is 1. The van der Waals surface area contributed by atoms with Gasteiger partial charge < -0.3 is 11.1 Å². The SMILES string of the molecule is Nc1ccc(NC(=O)c2nn[nH]n2)cn1. The fourth-order valence-electron chi connectivity index (χ4n) is 0.924. The first kappa shape index (κ1) is 9.06. The van der Waals surface area contributed by atoms with Crippen molar-refractivity contribution >= 4 is 17.4 Å². The highest BCUT2D eigenvalue weighted by molar-refractivity contribution is 6.01.